The Morgan fingerprint density at radius 3 is 3.12 bits per heavy atom. The first-order valence-corrected chi connectivity index (χ1v) is 5.68. The maximum Gasteiger partial charge on any atom is 0.266 e. The summed E-state index contributed by atoms with van der Waals surface area (Å²) in [6, 6.07) is 7.77. The Morgan fingerprint density at radius 2 is 2.29 bits per heavy atom. The van der Waals surface area contributed by atoms with Gasteiger partial charge in [0.25, 0.3) is 5.91 Å². The first-order valence-electron chi connectivity index (χ1n) is 5.68. The minimum absolute atomic E-state index is 0.0225. The molecule has 0 spiro atoms. The number of nitrogens with zero attached hydrogens (tertiary/aromatic N) is 3. The molecule has 0 bridgehead atoms. The van der Waals surface area contributed by atoms with E-state index in [4.69, 9.17) is 4.84 Å². The minimum Gasteiger partial charge on any atom is -0.321 e. The number of benzene rings is 1. The molecule has 0 unspecified atom stereocenters. The zero-order valence-corrected chi connectivity index (χ0v) is 9.37. The zero-order chi connectivity index (χ0) is 11.7. The van der Waals surface area contributed by atoms with E-state index in [-0.39, 0.29) is 12.5 Å². The van der Waals surface area contributed by atoms with Crippen LogP contribution in [0.2, 0.25) is 0 Å². The second kappa shape index (κ2) is 4.18. The van der Waals surface area contributed by atoms with Crippen LogP contribution in [0.1, 0.15) is 6.42 Å². The van der Waals surface area contributed by atoms with Gasteiger partial charge in [-0.25, -0.2) is 10.0 Å². The van der Waals surface area contributed by atoms with Crippen molar-refractivity contribution < 1.29 is 9.63 Å². The van der Waals surface area contributed by atoms with Crippen molar-refractivity contribution >= 4 is 16.9 Å². The molecule has 2 aromatic rings. The van der Waals surface area contributed by atoms with Crippen LogP contribution in [0.5, 0.6) is 0 Å². The Morgan fingerprint density at radius 1 is 1.41 bits per heavy atom. The Balaban J connectivity index is 1.82. The highest BCUT2D eigenvalue weighted by atomic mass is 16.7. The summed E-state index contributed by atoms with van der Waals surface area (Å²) in [6.45, 7) is 1.60. The molecule has 5 heteroatoms. The van der Waals surface area contributed by atoms with Crippen molar-refractivity contribution in [3.05, 3.63) is 30.6 Å². The first kappa shape index (κ1) is 10.3. The molecule has 1 aliphatic rings. The van der Waals surface area contributed by atoms with Gasteiger partial charge in [0.1, 0.15) is 6.54 Å². The summed E-state index contributed by atoms with van der Waals surface area (Å²) < 4.78 is 1.85. The molecule has 1 fully saturated rings. The molecule has 0 saturated carbocycles. The van der Waals surface area contributed by atoms with Crippen molar-refractivity contribution in [1.82, 2.24) is 14.6 Å². The third-order valence-corrected chi connectivity index (χ3v) is 2.86. The van der Waals surface area contributed by atoms with Gasteiger partial charge in [-0.3, -0.25) is 9.63 Å². The highest BCUT2D eigenvalue weighted by Gasteiger charge is 2.19. The van der Waals surface area contributed by atoms with E-state index in [9.17, 15) is 4.79 Å². The molecule has 88 valence electrons. The van der Waals surface area contributed by atoms with Crippen molar-refractivity contribution in [2.45, 2.75) is 13.0 Å². The topological polar surface area (TPSA) is 47.4 Å². The van der Waals surface area contributed by atoms with Crippen LogP contribution < -0.4 is 0 Å². The van der Waals surface area contributed by atoms with E-state index in [1.807, 2.05) is 28.8 Å². The third-order valence-electron chi connectivity index (χ3n) is 2.86. The van der Waals surface area contributed by atoms with E-state index in [2.05, 4.69) is 4.98 Å². The number of amides is 1. The largest absolute Gasteiger partial charge is 0.321 e. The molecule has 0 atom stereocenters. The Kier molecular flexibility index (Phi) is 2.53. The molecular formula is C12H13N3O2. The van der Waals surface area contributed by atoms with Crippen molar-refractivity contribution in [3.63, 3.8) is 0 Å². The molecule has 0 N–H and O–H groups in total. The van der Waals surface area contributed by atoms with E-state index in [1.165, 1.54) is 5.06 Å². The molecule has 1 aliphatic heterocycles. The van der Waals surface area contributed by atoms with Crippen molar-refractivity contribution in [2.75, 3.05) is 13.2 Å². The lowest BCUT2D eigenvalue weighted by molar-refractivity contribution is -0.169. The minimum atomic E-state index is -0.0225. The summed E-state index contributed by atoms with van der Waals surface area (Å²) >= 11 is 0. The van der Waals surface area contributed by atoms with Gasteiger partial charge >= 0.3 is 0 Å². The smallest absolute Gasteiger partial charge is 0.266 e. The fourth-order valence-corrected chi connectivity index (χ4v) is 2.01. The summed E-state index contributed by atoms with van der Waals surface area (Å²) in [4.78, 5) is 21.4. The van der Waals surface area contributed by atoms with Crippen molar-refractivity contribution in [3.8, 4) is 0 Å². The second-order valence-electron chi connectivity index (χ2n) is 4.04. The molecule has 3 rings (SSSR count). The number of imidazole rings is 1. The van der Waals surface area contributed by atoms with E-state index in [0.29, 0.717) is 13.2 Å². The SMILES string of the molecule is O=C(Cn1cnc2ccccc21)N1CCCO1. The van der Waals surface area contributed by atoms with E-state index in [0.717, 1.165) is 17.5 Å². The number of rotatable bonds is 2. The molecule has 1 aromatic heterocycles. The lowest BCUT2D eigenvalue weighted by Crippen LogP contribution is -2.29. The van der Waals surface area contributed by atoms with E-state index in [1.54, 1.807) is 6.33 Å². The average Bonchev–Trinajstić information content (AvgIpc) is 2.98. The number of para-hydroxylation sites is 2. The van der Waals surface area contributed by atoms with Gasteiger partial charge < -0.3 is 4.57 Å². The van der Waals surface area contributed by atoms with E-state index >= 15 is 0 Å². The van der Waals surface area contributed by atoms with Crippen LogP contribution in [-0.4, -0.2) is 33.7 Å². The quantitative estimate of drug-likeness (QED) is 0.780. The number of fused-ring (bicyclic) bond motifs is 1. The van der Waals surface area contributed by atoms with Gasteiger partial charge in [-0.05, 0) is 18.6 Å². The molecule has 2 heterocycles. The fourth-order valence-electron chi connectivity index (χ4n) is 2.01. The predicted octanol–water partition coefficient (Wildman–Crippen LogP) is 1.20. The lowest BCUT2D eigenvalue weighted by atomic mass is 10.3. The van der Waals surface area contributed by atoms with Gasteiger partial charge in [0, 0.05) is 0 Å². The van der Waals surface area contributed by atoms with Gasteiger partial charge in [-0.1, -0.05) is 12.1 Å². The van der Waals surface area contributed by atoms with Crippen molar-refractivity contribution in [1.29, 1.82) is 0 Å². The molecule has 0 radical (unpaired) electrons. The fraction of sp³-hybridized carbons (Fsp3) is 0.333. The highest BCUT2D eigenvalue weighted by Crippen LogP contribution is 2.13. The van der Waals surface area contributed by atoms with Gasteiger partial charge in [0.05, 0.1) is 30.5 Å². The van der Waals surface area contributed by atoms with Crippen molar-refractivity contribution in [2.24, 2.45) is 0 Å². The molecule has 1 amide bonds. The van der Waals surface area contributed by atoms with Crippen LogP contribution in [0.3, 0.4) is 0 Å². The Hall–Kier alpha value is -1.88. The van der Waals surface area contributed by atoms with Crippen LogP contribution in [0.25, 0.3) is 11.0 Å². The lowest BCUT2D eigenvalue weighted by Gasteiger charge is -2.14. The predicted molar refractivity (Wildman–Crippen MR) is 62.0 cm³/mol. The summed E-state index contributed by atoms with van der Waals surface area (Å²) in [7, 11) is 0. The van der Waals surface area contributed by atoms with Gasteiger partial charge in [-0.15, -0.1) is 0 Å². The van der Waals surface area contributed by atoms with Gasteiger partial charge in [-0.2, -0.15) is 0 Å². The zero-order valence-electron chi connectivity index (χ0n) is 9.37. The molecule has 1 saturated heterocycles. The molecular weight excluding hydrogens is 218 g/mol. The van der Waals surface area contributed by atoms with Gasteiger partial charge in [0.2, 0.25) is 0 Å². The molecule has 5 nitrogen and oxygen atoms in total. The summed E-state index contributed by atoms with van der Waals surface area (Å²) in [5, 5.41) is 1.44. The summed E-state index contributed by atoms with van der Waals surface area (Å²) in [5.41, 5.74) is 1.88. The number of carbonyl (C=O) groups excluding carboxylic acids is 1. The number of aromatic nitrogens is 2. The van der Waals surface area contributed by atoms with E-state index < -0.39 is 0 Å². The molecule has 0 aliphatic carbocycles. The highest BCUT2D eigenvalue weighted by molar-refractivity contribution is 5.80. The molecule has 17 heavy (non-hydrogen) atoms. The maximum atomic E-state index is 11.9. The number of carbonyl (C=O) groups is 1. The normalized spacial score (nSPS) is 15.6. The number of hydrogen-bond donors (Lipinski definition) is 0. The number of hydroxylamine groups is 2. The van der Waals surface area contributed by atoms with Crippen LogP contribution >= 0.6 is 0 Å². The standard InChI is InChI=1S/C12H13N3O2/c16-12(15-6-3-7-17-15)8-14-9-13-10-4-1-2-5-11(10)14/h1-2,4-5,9H,3,6-8H2. The summed E-state index contributed by atoms with van der Waals surface area (Å²) in [6.07, 6.45) is 2.61. The second-order valence-corrected chi connectivity index (χ2v) is 4.04. The summed E-state index contributed by atoms with van der Waals surface area (Å²) in [5.74, 6) is -0.0225. The van der Waals surface area contributed by atoms with Crippen LogP contribution in [0.15, 0.2) is 30.6 Å². The monoisotopic (exact) mass is 231 g/mol. The van der Waals surface area contributed by atoms with Gasteiger partial charge in [0.15, 0.2) is 0 Å². The number of hydrogen-bond acceptors (Lipinski definition) is 3. The average molecular weight is 231 g/mol. The van der Waals surface area contributed by atoms with Crippen LogP contribution in [-0.2, 0) is 16.2 Å². The van der Waals surface area contributed by atoms with Crippen LogP contribution in [0.4, 0.5) is 0 Å². The third kappa shape index (κ3) is 1.89. The van der Waals surface area contributed by atoms with Crippen LogP contribution in [0, 0.1) is 0 Å². The molecule has 1 aromatic carbocycles. The first-order chi connectivity index (χ1) is 8.34. The Labute approximate surface area is 98.6 Å². The maximum absolute atomic E-state index is 11.9. The Bertz CT molecular complexity index is 543.